The normalized spacial score (nSPS) is 27.2. The molecule has 98 valence electrons. The van der Waals surface area contributed by atoms with E-state index in [9.17, 15) is 4.79 Å². The average molecular weight is 315 g/mol. The molecule has 0 bridgehead atoms. The molecule has 3 rings (SSSR count). The quantitative estimate of drug-likeness (QED) is 0.904. The van der Waals surface area contributed by atoms with Gasteiger partial charge in [-0.1, -0.05) is 0 Å². The van der Waals surface area contributed by atoms with E-state index in [4.69, 9.17) is 9.84 Å². The predicted octanol–water partition coefficient (Wildman–Crippen LogP) is 1.80. The van der Waals surface area contributed by atoms with Crippen LogP contribution in [-0.4, -0.2) is 33.8 Å². The van der Waals surface area contributed by atoms with Crippen molar-refractivity contribution in [2.45, 2.75) is 31.7 Å². The van der Waals surface area contributed by atoms with Gasteiger partial charge in [-0.3, -0.25) is 4.79 Å². The number of rotatable bonds is 2. The third-order valence-corrected chi connectivity index (χ3v) is 4.47. The molecule has 0 radical (unpaired) electrons. The number of aliphatic carboxylic acids is 1. The van der Waals surface area contributed by atoms with Crippen molar-refractivity contribution in [1.29, 1.82) is 0 Å². The van der Waals surface area contributed by atoms with Gasteiger partial charge in [0.05, 0.1) is 18.2 Å². The van der Waals surface area contributed by atoms with Gasteiger partial charge in [0, 0.05) is 25.5 Å². The van der Waals surface area contributed by atoms with E-state index in [0.717, 1.165) is 42.3 Å². The molecule has 1 aromatic heterocycles. The zero-order valence-corrected chi connectivity index (χ0v) is 11.5. The van der Waals surface area contributed by atoms with Crippen LogP contribution in [-0.2, 0) is 22.5 Å². The van der Waals surface area contributed by atoms with Gasteiger partial charge in [0.25, 0.3) is 0 Å². The van der Waals surface area contributed by atoms with Gasteiger partial charge in [0.1, 0.15) is 10.4 Å². The lowest BCUT2D eigenvalue weighted by atomic mass is 9.96. The molecule has 2 unspecified atom stereocenters. The number of nitrogens with zero attached hydrogens (tertiary/aromatic N) is 2. The number of hydrogen-bond acceptors (Lipinski definition) is 3. The number of hydrogen-bond donors (Lipinski definition) is 1. The molecule has 6 heteroatoms. The zero-order valence-electron chi connectivity index (χ0n) is 9.93. The number of carboxylic acid groups (broad SMARTS) is 1. The largest absolute Gasteiger partial charge is 0.481 e. The Hall–Kier alpha value is -0.880. The fourth-order valence-electron chi connectivity index (χ4n) is 2.80. The fraction of sp³-hybridized carbons (Fsp3) is 0.667. The van der Waals surface area contributed by atoms with Crippen LogP contribution in [0.4, 0.5) is 0 Å². The summed E-state index contributed by atoms with van der Waals surface area (Å²) < 4.78 is 8.39. The molecule has 0 amide bonds. The van der Waals surface area contributed by atoms with Crippen LogP contribution in [0, 0.1) is 5.92 Å². The first kappa shape index (κ1) is 12.2. The van der Waals surface area contributed by atoms with Crippen LogP contribution < -0.4 is 0 Å². The number of halogens is 1. The Bertz CT molecular complexity index is 480. The fourth-order valence-corrected chi connectivity index (χ4v) is 3.36. The van der Waals surface area contributed by atoms with Crippen LogP contribution in [0.3, 0.4) is 0 Å². The van der Waals surface area contributed by atoms with Crippen molar-refractivity contribution in [3.8, 4) is 0 Å². The van der Waals surface area contributed by atoms with Gasteiger partial charge < -0.3 is 14.4 Å². The van der Waals surface area contributed by atoms with Crippen molar-refractivity contribution in [1.82, 2.24) is 9.55 Å². The first-order valence-electron chi connectivity index (χ1n) is 6.22. The minimum absolute atomic E-state index is 0.279. The highest BCUT2D eigenvalue weighted by Gasteiger charge is 2.32. The van der Waals surface area contributed by atoms with E-state index in [-0.39, 0.29) is 5.92 Å². The summed E-state index contributed by atoms with van der Waals surface area (Å²) in [6.45, 7) is 2.27. The summed E-state index contributed by atoms with van der Waals surface area (Å²) in [6.07, 6.45) is 2.26. The highest BCUT2D eigenvalue weighted by molar-refractivity contribution is 9.10. The Labute approximate surface area is 113 Å². The van der Waals surface area contributed by atoms with E-state index in [1.165, 1.54) is 0 Å². The lowest BCUT2D eigenvalue weighted by Gasteiger charge is -2.23. The van der Waals surface area contributed by atoms with Crippen LogP contribution in [0.1, 0.15) is 30.3 Å². The maximum absolute atomic E-state index is 11.1. The molecular weight excluding hydrogens is 300 g/mol. The summed E-state index contributed by atoms with van der Waals surface area (Å²) in [5, 5.41) is 9.11. The topological polar surface area (TPSA) is 64.3 Å². The molecule has 1 fully saturated rings. The minimum Gasteiger partial charge on any atom is -0.481 e. The monoisotopic (exact) mass is 314 g/mol. The van der Waals surface area contributed by atoms with Gasteiger partial charge >= 0.3 is 5.97 Å². The van der Waals surface area contributed by atoms with Gasteiger partial charge in [-0.25, -0.2) is 4.98 Å². The summed E-state index contributed by atoms with van der Waals surface area (Å²) in [5.74, 6) is 0.424. The zero-order chi connectivity index (χ0) is 12.7. The highest BCUT2D eigenvalue weighted by Crippen LogP contribution is 2.33. The van der Waals surface area contributed by atoms with Gasteiger partial charge in [0.2, 0.25) is 0 Å². The summed E-state index contributed by atoms with van der Waals surface area (Å²) >= 11 is 3.46. The van der Waals surface area contributed by atoms with Crippen LogP contribution >= 0.6 is 15.9 Å². The third kappa shape index (κ3) is 1.97. The van der Waals surface area contributed by atoms with Crippen molar-refractivity contribution in [2.24, 2.45) is 5.92 Å². The Balaban J connectivity index is 1.92. The second-order valence-corrected chi connectivity index (χ2v) is 5.70. The van der Waals surface area contributed by atoms with E-state index in [1.54, 1.807) is 0 Å². The predicted molar refractivity (Wildman–Crippen MR) is 67.6 cm³/mol. The van der Waals surface area contributed by atoms with E-state index in [1.807, 2.05) is 0 Å². The third-order valence-electron chi connectivity index (χ3n) is 3.84. The molecule has 0 saturated carbocycles. The van der Waals surface area contributed by atoms with Crippen LogP contribution in [0.5, 0.6) is 0 Å². The lowest BCUT2D eigenvalue weighted by Crippen LogP contribution is -2.26. The SMILES string of the molecule is O=C(O)C1CCn2c(C3CCOC3)nc(Br)c2C1. The molecule has 1 aromatic rings. The van der Waals surface area contributed by atoms with Crippen molar-refractivity contribution < 1.29 is 14.6 Å². The number of fused-ring (bicyclic) bond motifs is 1. The van der Waals surface area contributed by atoms with E-state index < -0.39 is 5.97 Å². The number of imidazole rings is 1. The molecule has 0 aliphatic carbocycles. The van der Waals surface area contributed by atoms with Crippen molar-refractivity contribution in [3.63, 3.8) is 0 Å². The van der Waals surface area contributed by atoms with Gasteiger partial charge in [0.15, 0.2) is 0 Å². The van der Waals surface area contributed by atoms with Gasteiger partial charge in [-0.2, -0.15) is 0 Å². The Morgan fingerprint density at radius 3 is 3.00 bits per heavy atom. The molecule has 2 atom stereocenters. The first-order chi connectivity index (χ1) is 8.66. The highest BCUT2D eigenvalue weighted by atomic mass is 79.9. The second-order valence-electron chi connectivity index (χ2n) is 4.95. The van der Waals surface area contributed by atoms with Gasteiger partial charge in [-0.15, -0.1) is 0 Å². The molecular formula is C12H15BrN2O3. The van der Waals surface area contributed by atoms with Crippen LogP contribution in [0.2, 0.25) is 0 Å². The van der Waals surface area contributed by atoms with E-state index >= 15 is 0 Å². The van der Waals surface area contributed by atoms with Crippen molar-refractivity contribution >= 4 is 21.9 Å². The molecule has 2 aliphatic rings. The number of carboxylic acids is 1. The first-order valence-corrected chi connectivity index (χ1v) is 7.01. The summed E-state index contributed by atoms with van der Waals surface area (Å²) in [7, 11) is 0. The number of ether oxygens (including phenoxy) is 1. The van der Waals surface area contributed by atoms with Crippen molar-refractivity contribution in [3.05, 3.63) is 16.1 Å². The maximum Gasteiger partial charge on any atom is 0.306 e. The standard InChI is InChI=1S/C12H15BrN2O3/c13-10-9-5-7(12(16)17)1-3-15(9)11(14-10)8-2-4-18-6-8/h7-8H,1-6H2,(H,16,17). The molecule has 0 aromatic carbocycles. The summed E-state index contributed by atoms with van der Waals surface area (Å²) in [6, 6.07) is 0. The average Bonchev–Trinajstić information content (AvgIpc) is 2.97. The van der Waals surface area contributed by atoms with E-state index in [2.05, 4.69) is 25.5 Å². The van der Waals surface area contributed by atoms with Crippen molar-refractivity contribution in [2.75, 3.05) is 13.2 Å². The maximum atomic E-state index is 11.1. The Kier molecular flexibility index (Phi) is 3.15. The number of carbonyl (C=O) groups is 1. The molecule has 3 heterocycles. The molecule has 0 spiro atoms. The van der Waals surface area contributed by atoms with E-state index in [0.29, 0.717) is 18.8 Å². The number of aromatic nitrogens is 2. The van der Waals surface area contributed by atoms with Gasteiger partial charge in [-0.05, 0) is 28.8 Å². The lowest BCUT2D eigenvalue weighted by molar-refractivity contribution is -0.142. The molecule has 1 N–H and O–H groups in total. The van der Waals surface area contributed by atoms with Crippen LogP contribution in [0.15, 0.2) is 4.60 Å². The molecule has 1 saturated heterocycles. The molecule has 5 nitrogen and oxygen atoms in total. The van der Waals surface area contributed by atoms with Crippen LogP contribution in [0.25, 0.3) is 0 Å². The summed E-state index contributed by atoms with van der Waals surface area (Å²) in [4.78, 5) is 15.6. The Morgan fingerprint density at radius 2 is 2.33 bits per heavy atom. The second kappa shape index (κ2) is 4.66. The summed E-state index contributed by atoms with van der Waals surface area (Å²) in [5.41, 5.74) is 1.02. The minimum atomic E-state index is -0.708. The molecule has 18 heavy (non-hydrogen) atoms. The Morgan fingerprint density at radius 1 is 1.50 bits per heavy atom. The smallest absolute Gasteiger partial charge is 0.306 e. The molecule has 2 aliphatic heterocycles.